The number of hydrogen-bond donors (Lipinski definition) is 0. The van der Waals surface area contributed by atoms with Gasteiger partial charge in [0.05, 0.1) is 25.3 Å². The average molecular weight is 181 g/mol. The van der Waals surface area contributed by atoms with Crippen LogP contribution in [0.5, 0.6) is 0 Å². The van der Waals surface area contributed by atoms with E-state index in [9.17, 15) is 4.79 Å². The minimum atomic E-state index is 0.00843. The van der Waals surface area contributed by atoms with Crippen LogP contribution in [0.2, 0.25) is 0 Å². The fourth-order valence-corrected chi connectivity index (χ4v) is 2.61. The van der Waals surface area contributed by atoms with E-state index in [2.05, 4.69) is 6.58 Å². The molecule has 70 valence electrons. The molecule has 3 fully saturated rings. The molecule has 3 aliphatic rings. The largest absolute Gasteiger partial charge is 0.371 e. The number of rotatable bonds is 1. The van der Waals surface area contributed by atoms with Crippen molar-refractivity contribution in [1.29, 1.82) is 0 Å². The number of nitrogens with zero attached hydrogens (tertiary/aromatic N) is 1. The van der Waals surface area contributed by atoms with E-state index >= 15 is 0 Å². The van der Waals surface area contributed by atoms with Gasteiger partial charge in [-0.1, -0.05) is 6.58 Å². The molecule has 13 heavy (non-hydrogen) atoms. The van der Waals surface area contributed by atoms with Crippen LogP contribution in [-0.2, 0) is 14.3 Å². The zero-order valence-electron chi connectivity index (χ0n) is 7.18. The SMILES string of the molecule is C=CC(=O)N1[C@@H]2CO[C@H]3[C@@H]2OC[C@H]31. The second-order valence-corrected chi connectivity index (χ2v) is 3.68. The Morgan fingerprint density at radius 1 is 1.31 bits per heavy atom. The predicted octanol–water partition coefficient (Wildman–Crippen LogP) is -0.451. The number of likely N-dealkylation sites (tertiary alicyclic amines) is 1. The van der Waals surface area contributed by atoms with E-state index in [4.69, 9.17) is 9.47 Å². The fraction of sp³-hybridized carbons (Fsp3) is 0.667. The van der Waals surface area contributed by atoms with Crippen molar-refractivity contribution in [3.05, 3.63) is 12.7 Å². The summed E-state index contributed by atoms with van der Waals surface area (Å²) in [7, 11) is 0. The fourth-order valence-electron chi connectivity index (χ4n) is 2.61. The molecule has 0 spiro atoms. The van der Waals surface area contributed by atoms with E-state index in [0.717, 1.165) is 0 Å². The smallest absolute Gasteiger partial charge is 0.246 e. The summed E-state index contributed by atoms with van der Waals surface area (Å²) in [6.45, 7) is 4.73. The van der Waals surface area contributed by atoms with Crippen LogP contribution in [0.1, 0.15) is 0 Å². The van der Waals surface area contributed by atoms with Gasteiger partial charge in [0.1, 0.15) is 12.2 Å². The molecule has 0 aromatic carbocycles. The highest BCUT2D eigenvalue weighted by atomic mass is 16.6. The third kappa shape index (κ3) is 0.752. The molecule has 0 unspecified atom stereocenters. The molecule has 4 nitrogen and oxygen atoms in total. The number of carbonyl (C=O) groups is 1. The van der Waals surface area contributed by atoms with E-state index in [-0.39, 0.29) is 30.2 Å². The van der Waals surface area contributed by atoms with E-state index < -0.39 is 0 Å². The zero-order chi connectivity index (χ0) is 9.00. The molecule has 3 rings (SSSR count). The van der Waals surface area contributed by atoms with Crippen molar-refractivity contribution in [2.24, 2.45) is 0 Å². The lowest BCUT2D eigenvalue weighted by Gasteiger charge is -2.35. The molecule has 4 heteroatoms. The molecular formula is C9H11NO3. The van der Waals surface area contributed by atoms with E-state index in [0.29, 0.717) is 13.2 Å². The maximum atomic E-state index is 11.5. The first kappa shape index (κ1) is 7.53. The lowest BCUT2D eigenvalue weighted by molar-refractivity contribution is -0.139. The summed E-state index contributed by atoms with van der Waals surface area (Å²) in [6.07, 6.45) is 1.61. The summed E-state index contributed by atoms with van der Waals surface area (Å²) >= 11 is 0. The van der Waals surface area contributed by atoms with Gasteiger partial charge in [-0.15, -0.1) is 0 Å². The van der Waals surface area contributed by atoms with Crippen molar-refractivity contribution < 1.29 is 14.3 Å². The van der Waals surface area contributed by atoms with E-state index in [1.54, 1.807) is 0 Å². The molecule has 0 aromatic rings. The van der Waals surface area contributed by atoms with Crippen LogP contribution in [0, 0.1) is 0 Å². The standard InChI is InChI=1S/C9H11NO3/c1-2-7(11)10-5-3-12-9-6(10)4-13-8(5)9/h2,5-6,8-9H,1,3-4H2/t5-,6-,8-,9-/m1/s1. The Kier molecular flexibility index (Phi) is 1.35. The summed E-state index contributed by atoms with van der Waals surface area (Å²) in [4.78, 5) is 13.4. The minimum absolute atomic E-state index is 0.00843. The molecule has 0 radical (unpaired) electrons. The highest BCUT2D eigenvalue weighted by molar-refractivity contribution is 5.88. The lowest BCUT2D eigenvalue weighted by Crippen LogP contribution is -2.52. The normalized spacial score (nSPS) is 45.7. The quantitative estimate of drug-likeness (QED) is 0.514. The van der Waals surface area contributed by atoms with Crippen molar-refractivity contribution in [3.63, 3.8) is 0 Å². The molecule has 3 saturated heterocycles. The van der Waals surface area contributed by atoms with Crippen molar-refractivity contribution >= 4 is 5.91 Å². The Morgan fingerprint density at radius 2 is 1.85 bits per heavy atom. The maximum absolute atomic E-state index is 11.5. The zero-order valence-corrected chi connectivity index (χ0v) is 7.18. The monoisotopic (exact) mass is 181 g/mol. The van der Waals surface area contributed by atoms with Crippen LogP contribution in [0.4, 0.5) is 0 Å². The first-order valence-electron chi connectivity index (χ1n) is 4.51. The number of carbonyl (C=O) groups excluding carboxylic acids is 1. The molecular weight excluding hydrogens is 170 g/mol. The van der Waals surface area contributed by atoms with Crippen LogP contribution in [0.15, 0.2) is 12.7 Å². The van der Waals surface area contributed by atoms with Crippen molar-refractivity contribution in [2.75, 3.05) is 13.2 Å². The van der Waals surface area contributed by atoms with Gasteiger partial charge in [-0.25, -0.2) is 0 Å². The summed E-state index contributed by atoms with van der Waals surface area (Å²) in [6, 6.07) is 0.267. The summed E-state index contributed by atoms with van der Waals surface area (Å²) in [5.74, 6) is 0.00843. The molecule has 0 saturated carbocycles. The second kappa shape index (κ2) is 2.33. The Bertz CT molecular complexity index is 260. The molecule has 0 aromatic heterocycles. The van der Waals surface area contributed by atoms with Gasteiger partial charge in [-0.05, 0) is 6.08 Å². The molecule has 3 heterocycles. The molecule has 4 bridgehead atoms. The van der Waals surface area contributed by atoms with Gasteiger partial charge in [0, 0.05) is 0 Å². The van der Waals surface area contributed by atoms with Crippen LogP contribution in [0.25, 0.3) is 0 Å². The number of hydrogen-bond acceptors (Lipinski definition) is 3. The molecule has 0 aliphatic carbocycles. The molecule has 4 atom stereocenters. The minimum Gasteiger partial charge on any atom is -0.371 e. The number of morpholine rings is 2. The van der Waals surface area contributed by atoms with E-state index in [1.807, 2.05) is 4.90 Å². The Hall–Kier alpha value is -0.870. The third-order valence-corrected chi connectivity index (χ3v) is 3.14. The predicted molar refractivity (Wildman–Crippen MR) is 44.1 cm³/mol. The first-order chi connectivity index (χ1) is 6.33. The van der Waals surface area contributed by atoms with Gasteiger partial charge in [0.2, 0.25) is 5.91 Å². The van der Waals surface area contributed by atoms with Gasteiger partial charge in [-0.2, -0.15) is 0 Å². The molecule has 3 aliphatic heterocycles. The van der Waals surface area contributed by atoms with Gasteiger partial charge < -0.3 is 14.4 Å². The Balaban J connectivity index is 1.93. The third-order valence-electron chi connectivity index (χ3n) is 3.14. The number of ether oxygens (including phenoxy) is 2. The topological polar surface area (TPSA) is 38.8 Å². The Labute approximate surface area is 76.1 Å². The van der Waals surface area contributed by atoms with Crippen LogP contribution in [0.3, 0.4) is 0 Å². The number of amides is 1. The summed E-state index contributed by atoms with van der Waals surface area (Å²) in [5.41, 5.74) is 0. The van der Waals surface area contributed by atoms with Gasteiger partial charge >= 0.3 is 0 Å². The molecule has 0 N–H and O–H groups in total. The van der Waals surface area contributed by atoms with Gasteiger partial charge in [-0.3, -0.25) is 4.79 Å². The summed E-state index contributed by atoms with van der Waals surface area (Å²) in [5, 5.41) is 0. The average Bonchev–Trinajstić information content (AvgIpc) is 2.80. The maximum Gasteiger partial charge on any atom is 0.246 e. The highest BCUT2D eigenvalue weighted by Gasteiger charge is 2.61. The van der Waals surface area contributed by atoms with Crippen molar-refractivity contribution in [3.8, 4) is 0 Å². The first-order valence-corrected chi connectivity index (χ1v) is 4.51. The highest BCUT2D eigenvalue weighted by Crippen LogP contribution is 2.41. The van der Waals surface area contributed by atoms with Crippen LogP contribution < -0.4 is 0 Å². The van der Waals surface area contributed by atoms with Gasteiger partial charge in [0.25, 0.3) is 0 Å². The lowest BCUT2D eigenvalue weighted by atomic mass is 10.2. The van der Waals surface area contributed by atoms with Gasteiger partial charge in [0.15, 0.2) is 0 Å². The van der Waals surface area contributed by atoms with E-state index in [1.165, 1.54) is 6.08 Å². The van der Waals surface area contributed by atoms with Crippen LogP contribution in [-0.4, -0.2) is 48.3 Å². The summed E-state index contributed by atoms with van der Waals surface area (Å²) < 4.78 is 11.0. The second-order valence-electron chi connectivity index (χ2n) is 3.68. The Morgan fingerprint density at radius 3 is 2.31 bits per heavy atom. The van der Waals surface area contributed by atoms with Crippen molar-refractivity contribution in [1.82, 2.24) is 4.90 Å². The van der Waals surface area contributed by atoms with Crippen molar-refractivity contribution in [2.45, 2.75) is 24.3 Å². The molecule has 1 amide bonds. The van der Waals surface area contributed by atoms with Crippen LogP contribution >= 0.6 is 0 Å².